The molecule has 0 fully saturated rings. The normalized spacial score (nSPS) is 12.8. The Balaban J connectivity index is 3.05. The van der Waals surface area contributed by atoms with Crippen molar-refractivity contribution in [2.45, 2.75) is 19.4 Å². The maximum atomic E-state index is 10.8. The number of hydrogen-bond acceptors (Lipinski definition) is 2. The average molecular weight is 242 g/mol. The van der Waals surface area contributed by atoms with Crippen molar-refractivity contribution in [3.63, 3.8) is 0 Å². The molecule has 1 unspecified atom stereocenters. The zero-order valence-electron chi connectivity index (χ0n) is 9.70. The van der Waals surface area contributed by atoms with Gasteiger partial charge in [0.2, 0.25) is 0 Å². The molecule has 1 aromatic carbocycles. The molecule has 0 saturated heterocycles. The molecule has 0 bridgehead atoms. The molecule has 0 aliphatic rings. The number of carboxylic acids is 1. The maximum Gasteiger partial charge on any atom is 0.305 e. The van der Waals surface area contributed by atoms with Crippen LogP contribution in [0.2, 0.25) is 5.02 Å². The summed E-state index contributed by atoms with van der Waals surface area (Å²) in [7, 11) is 3.75. The van der Waals surface area contributed by atoms with Gasteiger partial charge in [-0.2, -0.15) is 0 Å². The van der Waals surface area contributed by atoms with Gasteiger partial charge in [0.1, 0.15) is 0 Å². The van der Waals surface area contributed by atoms with E-state index in [2.05, 4.69) is 0 Å². The van der Waals surface area contributed by atoms with Gasteiger partial charge < -0.3 is 10.0 Å². The van der Waals surface area contributed by atoms with Gasteiger partial charge in [-0.25, -0.2) is 0 Å². The predicted octanol–water partition coefficient (Wildman–Crippen LogP) is 2.73. The Morgan fingerprint density at radius 2 is 2.12 bits per heavy atom. The fourth-order valence-corrected chi connectivity index (χ4v) is 1.98. The molecule has 0 aromatic heterocycles. The third kappa shape index (κ3) is 3.22. The van der Waals surface area contributed by atoms with Gasteiger partial charge in [-0.3, -0.25) is 4.79 Å². The van der Waals surface area contributed by atoms with Crippen LogP contribution in [-0.2, 0) is 4.79 Å². The summed E-state index contributed by atoms with van der Waals surface area (Å²) >= 11 is 5.88. The fraction of sp³-hybridized carbons (Fsp3) is 0.417. The molecular formula is C12H16ClNO2. The van der Waals surface area contributed by atoms with E-state index in [4.69, 9.17) is 16.7 Å². The highest BCUT2D eigenvalue weighted by atomic mass is 35.5. The van der Waals surface area contributed by atoms with E-state index < -0.39 is 5.97 Å². The average Bonchev–Trinajstić information content (AvgIpc) is 2.14. The molecule has 1 aromatic rings. The third-order valence-electron chi connectivity index (χ3n) is 2.58. The number of carbonyl (C=O) groups is 1. The highest BCUT2D eigenvalue weighted by molar-refractivity contribution is 6.30. The summed E-state index contributed by atoms with van der Waals surface area (Å²) in [6, 6.07) is 5.43. The second kappa shape index (κ2) is 5.32. The summed E-state index contributed by atoms with van der Waals surface area (Å²) < 4.78 is 0. The van der Waals surface area contributed by atoms with Crippen molar-refractivity contribution in [2.75, 3.05) is 14.1 Å². The number of hydrogen-bond donors (Lipinski definition) is 1. The molecule has 0 radical (unpaired) electrons. The van der Waals surface area contributed by atoms with Crippen LogP contribution in [0.3, 0.4) is 0 Å². The van der Waals surface area contributed by atoms with Crippen LogP contribution < -0.4 is 0 Å². The lowest BCUT2D eigenvalue weighted by molar-refractivity contribution is -0.138. The molecule has 0 saturated carbocycles. The topological polar surface area (TPSA) is 40.5 Å². The van der Waals surface area contributed by atoms with Crippen LogP contribution in [0.1, 0.15) is 23.6 Å². The molecule has 0 heterocycles. The molecule has 1 rings (SSSR count). The molecule has 1 N–H and O–H groups in total. The van der Waals surface area contributed by atoms with Crippen molar-refractivity contribution in [1.82, 2.24) is 4.90 Å². The Morgan fingerprint density at radius 1 is 1.50 bits per heavy atom. The van der Waals surface area contributed by atoms with Gasteiger partial charge in [-0.15, -0.1) is 0 Å². The molecule has 0 aliphatic carbocycles. The van der Waals surface area contributed by atoms with E-state index >= 15 is 0 Å². The first kappa shape index (κ1) is 13.0. The van der Waals surface area contributed by atoms with Crippen LogP contribution in [0.5, 0.6) is 0 Å². The lowest BCUT2D eigenvalue weighted by Crippen LogP contribution is -2.23. The Kier molecular flexibility index (Phi) is 4.33. The lowest BCUT2D eigenvalue weighted by atomic mass is 9.98. The molecule has 16 heavy (non-hydrogen) atoms. The smallest absolute Gasteiger partial charge is 0.305 e. The molecule has 0 aliphatic heterocycles. The van der Waals surface area contributed by atoms with Crippen LogP contribution in [0.4, 0.5) is 0 Å². The van der Waals surface area contributed by atoms with Crippen molar-refractivity contribution in [2.24, 2.45) is 0 Å². The molecule has 4 heteroatoms. The minimum Gasteiger partial charge on any atom is -0.481 e. The molecular weight excluding hydrogens is 226 g/mol. The Labute approximate surface area is 101 Å². The molecule has 0 amide bonds. The first-order chi connectivity index (χ1) is 7.41. The van der Waals surface area contributed by atoms with Crippen molar-refractivity contribution in [3.05, 3.63) is 34.3 Å². The van der Waals surface area contributed by atoms with Gasteiger partial charge in [0.05, 0.1) is 6.42 Å². The van der Waals surface area contributed by atoms with Crippen LogP contribution in [0.25, 0.3) is 0 Å². The van der Waals surface area contributed by atoms with E-state index in [1.54, 1.807) is 6.07 Å². The van der Waals surface area contributed by atoms with Gasteiger partial charge in [0.15, 0.2) is 0 Å². The number of nitrogens with zero attached hydrogens (tertiary/aromatic N) is 1. The van der Waals surface area contributed by atoms with Gasteiger partial charge in [0.25, 0.3) is 0 Å². The second-order valence-corrected chi connectivity index (χ2v) is 4.51. The number of carboxylic acid groups (broad SMARTS) is 1. The maximum absolute atomic E-state index is 10.8. The molecule has 88 valence electrons. The SMILES string of the molecule is Cc1cc(Cl)ccc1C(CC(=O)O)N(C)C. The highest BCUT2D eigenvalue weighted by Gasteiger charge is 2.19. The van der Waals surface area contributed by atoms with E-state index in [0.717, 1.165) is 11.1 Å². The summed E-state index contributed by atoms with van der Waals surface area (Å²) in [4.78, 5) is 12.7. The Morgan fingerprint density at radius 3 is 2.56 bits per heavy atom. The van der Waals surface area contributed by atoms with E-state index in [1.807, 2.05) is 38.1 Å². The Hall–Kier alpha value is -1.06. The quantitative estimate of drug-likeness (QED) is 0.881. The summed E-state index contributed by atoms with van der Waals surface area (Å²) in [6.07, 6.45) is 0.0927. The van der Waals surface area contributed by atoms with E-state index in [9.17, 15) is 4.79 Å². The summed E-state index contributed by atoms with van der Waals surface area (Å²) in [5.41, 5.74) is 2.03. The van der Waals surface area contributed by atoms with E-state index in [-0.39, 0.29) is 12.5 Å². The minimum absolute atomic E-state index is 0.0927. The zero-order chi connectivity index (χ0) is 12.3. The third-order valence-corrected chi connectivity index (χ3v) is 2.82. The lowest BCUT2D eigenvalue weighted by Gasteiger charge is -2.24. The molecule has 1 atom stereocenters. The van der Waals surface area contributed by atoms with Gasteiger partial charge in [-0.05, 0) is 44.3 Å². The number of benzene rings is 1. The minimum atomic E-state index is -0.798. The fourth-order valence-electron chi connectivity index (χ4n) is 1.75. The standard InChI is InChI=1S/C12H16ClNO2/c1-8-6-9(13)4-5-10(8)11(14(2)3)7-12(15)16/h4-6,11H,7H2,1-3H3,(H,15,16). The molecule has 3 nitrogen and oxygen atoms in total. The van der Waals surface area contributed by atoms with Gasteiger partial charge >= 0.3 is 5.97 Å². The van der Waals surface area contributed by atoms with Crippen molar-refractivity contribution in [3.8, 4) is 0 Å². The van der Waals surface area contributed by atoms with E-state index in [0.29, 0.717) is 5.02 Å². The number of rotatable bonds is 4. The number of halogens is 1. The summed E-state index contributed by atoms with van der Waals surface area (Å²) in [5, 5.41) is 9.56. The summed E-state index contributed by atoms with van der Waals surface area (Å²) in [5.74, 6) is -0.798. The summed E-state index contributed by atoms with van der Waals surface area (Å²) in [6.45, 7) is 1.94. The van der Waals surface area contributed by atoms with E-state index in [1.165, 1.54) is 0 Å². The van der Waals surface area contributed by atoms with Gasteiger partial charge in [0, 0.05) is 11.1 Å². The monoisotopic (exact) mass is 241 g/mol. The molecule has 0 spiro atoms. The Bertz CT molecular complexity index is 391. The van der Waals surface area contributed by atoms with Crippen LogP contribution >= 0.6 is 11.6 Å². The van der Waals surface area contributed by atoms with Crippen LogP contribution in [0, 0.1) is 6.92 Å². The van der Waals surface area contributed by atoms with Crippen molar-refractivity contribution in [1.29, 1.82) is 0 Å². The number of aliphatic carboxylic acids is 1. The van der Waals surface area contributed by atoms with Crippen LogP contribution in [0.15, 0.2) is 18.2 Å². The zero-order valence-corrected chi connectivity index (χ0v) is 10.5. The first-order valence-electron chi connectivity index (χ1n) is 5.06. The van der Waals surface area contributed by atoms with Crippen molar-refractivity contribution < 1.29 is 9.90 Å². The van der Waals surface area contributed by atoms with Gasteiger partial charge in [-0.1, -0.05) is 17.7 Å². The predicted molar refractivity (Wildman–Crippen MR) is 64.9 cm³/mol. The van der Waals surface area contributed by atoms with Crippen LogP contribution in [-0.4, -0.2) is 30.1 Å². The second-order valence-electron chi connectivity index (χ2n) is 4.08. The number of aryl methyl sites for hydroxylation is 1. The first-order valence-corrected chi connectivity index (χ1v) is 5.44. The van der Waals surface area contributed by atoms with Crippen molar-refractivity contribution >= 4 is 17.6 Å². The largest absolute Gasteiger partial charge is 0.481 e. The highest BCUT2D eigenvalue weighted by Crippen LogP contribution is 2.27.